The Labute approximate surface area is 161 Å². The van der Waals surface area contributed by atoms with Gasteiger partial charge < -0.3 is 4.42 Å². The molecule has 28 heavy (non-hydrogen) atoms. The van der Waals surface area contributed by atoms with Crippen LogP contribution in [0.3, 0.4) is 0 Å². The Morgan fingerprint density at radius 3 is 2.18 bits per heavy atom. The smallest absolute Gasteiger partial charge is 0.140 e. The van der Waals surface area contributed by atoms with Crippen molar-refractivity contribution in [3.63, 3.8) is 0 Å². The normalized spacial score (nSPS) is 12.9. The van der Waals surface area contributed by atoms with E-state index >= 15 is 0 Å². The molecular formula is C27H16O. The van der Waals surface area contributed by atoms with Crippen molar-refractivity contribution in [3.05, 3.63) is 96.1 Å². The van der Waals surface area contributed by atoms with Crippen LogP contribution in [0.4, 0.5) is 0 Å². The van der Waals surface area contributed by atoms with Gasteiger partial charge in [0.25, 0.3) is 0 Å². The summed E-state index contributed by atoms with van der Waals surface area (Å²) in [5.41, 5.74) is 7.48. The predicted octanol–water partition coefficient (Wildman–Crippen LogP) is 7.46. The number of hydrogen-bond acceptors (Lipinski definition) is 1. The second-order valence-corrected chi connectivity index (χ2v) is 7.69. The fourth-order valence-corrected chi connectivity index (χ4v) is 5.13. The van der Waals surface area contributed by atoms with E-state index in [9.17, 15) is 0 Å². The molecule has 0 saturated heterocycles. The lowest BCUT2D eigenvalue weighted by Crippen LogP contribution is -1.85. The van der Waals surface area contributed by atoms with E-state index in [-0.39, 0.29) is 0 Å². The van der Waals surface area contributed by atoms with E-state index in [2.05, 4.69) is 84.9 Å². The monoisotopic (exact) mass is 356 g/mol. The van der Waals surface area contributed by atoms with E-state index in [1.54, 1.807) is 0 Å². The van der Waals surface area contributed by atoms with Crippen molar-refractivity contribution in [2.45, 2.75) is 6.42 Å². The van der Waals surface area contributed by atoms with Crippen molar-refractivity contribution in [2.24, 2.45) is 0 Å². The molecule has 0 radical (unpaired) electrons. The van der Waals surface area contributed by atoms with Gasteiger partial charge in [0.1, 0.15) is 11.2 Å². The van der Waals surface area contributed by atoms with E-state index in [0.29, 0.717) is 0 Å². The van der Waals surface area contributed by atoms with Crippen LogP contribution in [0, 0.1) is 0 Å². The van der Waals surface area contributed by atoms with Crippen LogP contribution in [0.15, 0.2) is 89.3 Å². The molecule has 1 heteroatoms. The van der Waals surface area contributed by atoms with Gasteiger partial charge in [0.2, 0.25) is 0 Å². The first-order valence-electron chi connectivity index (χ1n) is 9.76. The van der Waals surface area contributed by atoms with Crippen molar-refractivity contribution < 1.29 is 4.42 Å². The summed E-state index contributed by atoms with van der Waals surface area (Å²) >= 11 is 0. The largest absolute Gasteiger partial charge is 0.456 e. The third-order valence-corrected chi connectivity index (χ3v) is 6.30. The second kappa shape index (κ2) is 5.02. The maximum atomic E-state index is 6.45. The Hall–Kier alpha value is -3.58. The van der Waals surface area contributed by atoms with Crippen LogP contribution >= 0.6 is 0 Å². The van der Waals surface area contributed by atoms with Gasteiger partial charge in [0.05, 0.1) is 0 Å². The van der Waals surface area contributed by atoms with E-state index in [4.69, 9.17) is 4.42 Å². The standard InChI is InChI=1S/C27H16O/c1-2-8-17-16(7-1)13-14-20-22(17)15-23-25(20)18-9-3-4-10-19(18)26-21-11-5-6-12-24(21)28-27(23)26/h1-14H,15H2. The van der Waals surface area contributed by atoms with Crippen molar-refractivity contribution >= 4 is 43.5 Å². The molecule has 0 spiro atoms. The van der Waals surface area contributed by atoms with Gasteiger partial charge >= 0.3 is 0 Å². The van der Waals surface area contributed by atoms with E-state index in [1.807, 2.05) is 0 Å². The first kappa shape index (κ1) is 14.5. The van der Waals surface area contributed by atoms with Crippen LogP contribution in [-0.4, -0.2) is 0 Å². The summed E-state index contributed by atoms with van der Waals surface area (Å²) in [6.45, 7) is 0. The van der Waals surface area contributed by atoms with E-state index in [0.717, 1.165) is 17.6 Å². The summed E-state index contributed by atoms with van der Waals surface area (Å²) in [5, 5.41) is 7.72. The van der Waals surface area contributed by atoms with Gasteiger partial charge in [-0.1, -0.05) is 78.9 Å². The number of furan rings is 1. The summed E-state index contributed by atoms with van der Waals surface area (Å²) < 4.78 is 6.45. The molecule has 0 unspecified atom stereocenters. The number of benzene rings is 5. The fourth-order valence-electron chi connectivity index (χ4n) is 5.13. The zero-order valence-electron chi connectivity index (χ0n) is 15.2. The Balaban J connectivity index is 1.73. The number of para-hydroxylation sites is 1. The molecule has 1 aliphatic carbocycles. The predicted molar refractivity (Wildman–Crippen MR) is 117 cm³/mol. The van der Waals surface area contributed by atoms with Gasteiger partial charge in [-0.15, -0.1) is 0 Å². The van der Waals surface area contributed by atoms with E-state index < -0.39 is 0 Å². The summed E-state index contributed by atoms with van der Waals surface area (Å²) in [4.78, 5) is 0. The molecule has 0 saturated carbocycles. The molecule has 7 rings (SSSR count). The molecule has 1 heterocycles. The van der Waals surface area contributed by atoms with Crippen LogP contribution in [0.1, 0.15) is 11.1 Å². The maximum absolute atomic E-state index is 6.45. The van der Waals surface area contributed by atoms with Crippen molar-refractivity contribution in [1.82, 2.24) is 0 Å². The molecule has 1 aromatic heterocycles. The molecule has 0 amide bonds. The lowest BCUT2D eigenvalue weighted by molar-refractivity contribution is 0.665. The van der Waals surface area contributed by atoms with Gasteiger partial charge in [-0.2, -0.15) is 0 Å². The Morgan fingerprint density at radius 1 is 0.571 bits per heavy atom. The minimum Gasteiger partial charge on any atom is -0.456 e. The fraction of sp³-hybridized carbons (Fsp3) is 0.0370. The topological polar surface area (TPSA) is 13.1 Å². The molecule has 0 fully saturated rings. The molecule has 0 bridgehead atoms. The highest BCUT2D eigenvalue weighted by Crippen LogP contribution is 2.49. The lowest BCUT2D eigenvalue weighted by Gasteiger charge is -2.09. The lowest BCUT2D eigenvalue weighted by atomic mass is 9.93. The van der Waals surface area contributed by atoms with Gasteiger partial charge in [0, 0.05) is 22.8 Å². The first-order valence-corrected chi connectivity index (χ1v) is 9.76. The maximum Gasteiger partial charge on any atom is 0.140 e. The quantitative estimate of drug-likeness (QED) is 0.275. The summed E-state index contributed by atoms with van der Waals surface area (Å²) in [5.74, 6) is 0. The average molecular weight is 356 g/mol. The molecule has 5 aromatic carbocycles. The summed E-state index contributed by atoms with van der Waals surface area (Å²) in [6.07, 6.45) is 0.924. The third-order valence-electron chi connectivity index (χ3n) is 6.30. The van der Waals surface area contributed by atoms with Crippen molar-refractivity contribution in [1.29, 1.82) is 0 Å². The number of rotatable bonds is 0. The minimum atomic E-state index is 0.924. The first-order chi connectivity index (χ1) is 13.9. The zero-order chi connectivity index (χ0) is 18.2. The third kappa shape index (κ3) is 1.67. The van der Waals surface area contributed by atoms with Gasteiger partial charge in [-0.3, -0.25) is 0 Å². The van der Waals surface area contributed by atoms with Crippen LogP contribution in [-0.2, 0) is 6.42 Å². The Kier molecular flexibility index (Phi) is 2.60. The van der Waals surface area contributed by atoms with Gasteiger partial charge in [-0.25, -0.2) is 0 Å². The molecule has 0 N–H and O–H groups in total. The molecule has 0 aliphatic heterocycles. The van der Waals surface area contributed by atoms with Crippen LogP contribution in [0.2, 0.25) is 0 Å². The molecule has 1 nitrogen and oxygen atoms in total. The van der Waals surface area contributed by atoms with Crippen molar-refractivity contribution in [2.75, 3.05) is 0 Å². The molecule has 6 aromatic rings. The highest BCUT2D eigenvalue weighted by Gasteiger charge is 2.28. The Morgan fingerprint density at radius 2 is 1.29 bits per heavy atom. The Bertz CT molecular complexity index is 1580. The highest BCUT2D eigenvalue weighted by molar-refractivity contribution is 6.24. The number of fused-ring (bicyclic) bond motifs is 12. The average Bonchev–Trinajstić information content (AvgIpc) is 3.33. The minimum absolute atomic E-state index is 0.924. The zero-order valence-corrected chi connectivity index (χ0v) is 15.2. The highest BCUT2D eigenvalue weighted by atomic mass is 16.3. The second-order valence-electron chi connectivity index (χ2n) is 7.69. The van der Waals surface area contributed by atoms with Crippen LogP contribution in [0.25, 0.3) is 54.6 Å². The summed E-state index contributed by atoms with van der Waals surface area (Å²) in [6, 6.07) is 30.4. The molecular weight excluding hydrogens is 340 g/mol. The van der Waals surface area contributed by atoms with Gasteiger partial charge in [-0.05, 0) is 44.3 Å². The SMILES string of the molecule is c1ccc2c3c(ccc2c1)-c1c(c2oc4ccccc4c2c2ccccc12)C3. The van der Waals surface area contributed by atoms with Crippen molar-refractivity contribution in [3.8, 4) is 11.1 Å². The van der Waals surface area contributed by atoms with Gasteiger partial charge in [0.15, 0.2) is 0 Å². The van der Waals surface area contributed by atoms with Crippen LogP contribution < -0.4 is 0 Å². The number of hydrogen-bond donors (Lipinski definition) is 0. The van der Waals surface area contributed by atoms with E-state index in [1.165, 1.54) is 54.6 Å². The molecule has 1 aliphatic rings. The van der Waals surface area contributed by atoms with Crippen LogP contribution in [0.5, 0.6) is 0 Å². The molecule has 0 atom stereocenters. The summed E-state index contributed by atoms with van der Waals surface area (Å²) in [7, 11) is 0. The molecule has 130 valence electrons.